The summed E-state index contributed by atoms with van der Waals surface area (Å²) in [5, 5.41) is 28.2. The first kappa shape index (κ1) is 44.3. The number of carbonyl (C=O) groups excluding carboxylic acids is 3. The third-order valence-electron chi connectivity index (χ3n) is 10.3. The number of carboxylic acid groups (broad SMARTS) is 1. The van der Waals surface area contributed by atoms with E-state index in [9.17, 15) is 29.4 Å². The van der Waals surface area contributed by atoms with Crippen molar-refractivity contribution in [3.8, 4) is 11.3 Å². The molecule has 6 amide bonds. The predicted molar refractivity (Wildman–Crippen MR) is 227 cm³/mol. The summed E-state index contributed by atoms with van der Waals surface area (Å²) in [7, 11) is 0. The Morgan fingerprint density at radius 2 is 1.51 bits per heavy atom. The number of imide groups is 1. The number of urea groups is 2. The summed E-state index contributed by atoms with van der Waals surface area (Å²) in [6.45, 7) is 14.2. The molecule has 0 saturated carbocycles. The number of benzene rings is 2. The number of nitrogens with one attached hydrogen (secondary N) is 2. The molecule has 4 N–H and O–H groups in total. The number of aromatic nitrogens is 2. The number of aliphatic hydroxyl groups excluding tert-OH is 1. The summed E-state index contributed by atoms with van der Waals surface area (Å²) in [6.07, 6.45) is -0.360. The van der Waals surface area contributed by atoms with Crippen molar-refractivity contribution in [1.29, 1.82) is 0 Å². The number of carbonyl (C=O) groups is 4. The Labute approximate surface area is 347 Å². The van der Waals surface area contributed by atoms with Crippen LogP contribution in [0.25, 0.3) is 11.3 Å². The molecule has 0 aliphatic carbocycles. The number of pyridine rings is 2. The first-order valence-electron chi connectivity index (χ1n) is 20.2. The van der Waals surface area contributed by atoms with E-state index in [4.69, 9.17) is 0 Å². The molecule has 0 radical (unpaired) electrons. The average Bonchev–Trinajstić information content (AvgIpc) is 3.51. The van der Waals surface area contributed by atoms with Gasteiger partial charge in [0.05, 0.1) is 30.1 Å². The van der Waals surface area contributed by atoms with Crippen LogP contribution in [0.1, 0.15) is 70.5 Å². The fourth-order valence-corrected chi connectivity index (χ4v) is 7.52. The van der Waals surface area contributed by atoms with E-state index < -0.39 is 53.1 Å². The van der Waals surface area contributed by atoms with E-state index in [1.165, 1.54) is 0 Å². The molecule has 314 valence electrons. The Morgan fingerprint density at radius 3 is 2.12 bits per heavy atom. The molecule has 59 heavy (non-hydrogen) atoms. The lowest BCUT2D eigenvalue weighted by Gasteiger charge is -2.38. The Bertz CT molecular complexity index is 2030. The summed E-state index contributed by atoms with van der Waals surface area (Å²) < 4.78 is 0. The summed E-state index contributed by atoms with van der Waals surface area (Å²) >= 11 is 0. The molecule has 1 fully saturated rings. The molecule has 13 heteroatoms. The summed E-state index contributed by atoms with van der Waals surface area (Å²) in [5.74, 6) is -0.408. The van der Waals surface area contributed by atoms with E-state index in [1.807, 2.05) is 139 Å². The quantitative estimate of drug-likeness (QED) is 0.100. The number of hydrogen-bond donors (Lipinski definition) is 4. The van der Waals surface area contributed by atoms with Crippen LogP contribution in [0.2, 0.25) is 0 Å². The monoisotopic (exact) mass is 805 g/mol. The third-order valence-corrected chi connectivity index (χ3v) is 10.3. The second-order valence-corrected chi connectivity index (χ2v) is 17.7. The lowest BCUT2D eigenvalue weighted by molar-refractivity contribution is -0.130. The molecule has 1 aliphatic rings. The van der Waals surface area contributed by atoms with Gasteiger partial charge in [-0.25, -0.2) is 19.3 Å². The van der Waals surface area contributed by atoms with Gasteiger partial charge >= 0.3 is 18.2 Å². The summed E-state index contributed by atoms with van der Waals surface area (Å²) in [4.78, 5) is 67.5. The highest BCUT2D eigenvalue weighted by atomic mass is 16.4. The van der Waals surface area contributed by atoms with Gasteiger partial charge in [-0.1, -0.05) is 108 Å². The highest BCUT2D eigenvalue weighted by Crippen LogP contribution is 2.29. The molecule has 0 spiro atoms. The predicted octanol–water partition coefficient (Wildman–Crippen LogP) is 6.93. The second-order valence-electron chi connectivity index (χ2n) is 17.7. The molecular weight excluding hydrogens is 747 g/mol. The standard InChI is InChI=1S/C46H59N7O6/c1-31-14-13-17-35(48-31)29-51-24-25-52(43(51)57)40(46(5,6)7)41(55)50-38(27-32-15-9-8-10-16-32)39(54)28-36(49-42(56)53(44(58)59)30-45(2,3)4)26-33-19-21-34(22-20-33)37-18-11-12-23-47-37/h8-23,36,38-40,54H,24-30H2,1-7H3,(H,49,56)(H,50,55)(H,58,59)/t36-,38-,39-,40+/m0/s1. The summed E-state index contributed by atoms with van der Waals surface area (Å²) in [5.41, 5.74) is 3.85. The van der Waals surface area contributed by atoms with Gasteiger partial charge < -0.3 is 30.6 Å². The molecule has 4 atom stereocenters. The van der Waals surface area contributed by atoms with Gasteiger partial charge in [-0.15, -0.1) is 0 Å². The largest absolute Gasteiger partial charge is 0.465 e. The topological polar surface area (TPSA) is 168 Å². The van der Waals surface area contributed by atoms with Crippen molar-refractivity contribution < 1.29 is 29.4 Å². The first-order chi connectivity index (χ1) is 27.9. The van der Waals surface area contributed by atoms with Gasteiger partial charge in [0.25, 0.3) is 0 Å². The fraction of sp³-hybridized carbons (Fsp3) is 0.435. The number of rotatable bonds is 15. The van der Waals surface area contributed by atoms with E-state index in [2.05, 4.69) is 20.6 Å². The highest BCUT2D eigenvalue weighted by Gasteiger charge is 2.44. The number of amides is 6. The lowest BCUT2D eigenvalue weighted by Crippen LogP contribution is -2.59. The van der Waals surface area contributed by atoms with Crippen molar-refractivity contribution in [2.75, 3.05) is 19.6 Å². The Morgan fingerprint density at radius 1 is 0.831 bits per heavy atom. The maximum Gasteiger partial charge on any atom is 0.415 e. The van der Waals surface area contributed by atoms with E-state index in [-0.39, 0.29) is 31.8 Å². The van der Waals surface area contributed by atoms with Crippen LogP contribution >= 0.6 is 0 Å². The molecule has 1 saturated heterocycles. The smallest absolute Gasteiger partial charge is 0.415 e. The minimum Gasteiger partial charge on any atom is -0.465 e. The molecule has 5 rings (SSSR count). The zero-order chi connectivity index (χ0) is 42.9. The Balaban J connectivity index is 1.41. The Hall–Kier alpha value is -5.82. The van der Waals surface area contributed by atoms with Crippen LogP contribution in [0.4, 0.5) is 14.4 Å². The third kappa shape index (κ3) is 12.6. The van der Waals surface area contributed by atoms with Crippen LogP contribution in [0.5, 0.6) is 0 Å². The molecule has 3 heterocycles. The molecular formula is C46H59N7O6. The van der Waals surface area contributed by atoms with Crippen LogP contribution in [-0.4, -0.2) is 103 Å². The van der Waals surface area contributed by atoms with Gasteiger partial charge in [0.15, 0.2) is 0 Å². The molecule has 4 aromatic rings. The van der Waals surface area contributed by atoms with Gasteiger partial charge in [-0.05, 0) is 72.4 Å². The number of hydrogen-bond acceptors (Lipinski definition) is 7. The van der Waals surface area contributed by atoms with Crippen molar-refractivity contribution in [2.24, 2.45) is 10.8 Å². The molecule has 2 aromatic heterocycles. The van der Waals surface area contributed by atoms with E-state index in [0.717, 1.165) is 38.7 Å². The van der Waals surface area contributed by atoms with Crippen molar-refractivity contribution in [3.05, 3.63) is 120 Å². The van der Waals surface area contributed by atoms with Crippen molar-refractivity contribution in [1.82, 2.24) is 35.3 Å². The molecule has 13 nitrogen and oxygen atoms in total. The maximum absolute atomic E-state index is 14.5. The Kier molecular flexibility index (Phi) is 14.5. The normalized spacial score (nSPS) is 15.3. The fourth-order valence-electron chi connectivity index (χ4n) is 7.52. The zero-order valence-electron chi connectivity index (χ0n) is 35.3. The van der Waals surface area contributed by atoms with Crippen LogP contribution in [0, 0.1) is 17.8 Å². The number of nitrogens with zero attached hydrogens (tertiary/aromatic N) is 5. The summed E-state index contributed by atoms with van der Waals surface area (Å²) in [6, 6.07) is 25.0. The molecule has 0 unspecified atom stereocenters. The molecule has 1 aliphatic heterocycles. The minimum absolute atomic E-state index is 0.0193. The van der Waals surface area contributed by atoms with Gasteiger partial charge in [-0.3, -0.25) is 14.8 Å². The molecule has 0 bridgehead atoms. The average molecular weight is 806 g/mol. The van der Waals surface area contributed by atoms with E-state index in [1.54, 1.807) is 16.0 Å². The zero-order valence-corrected chi connectivity index (χ0v) is 35.3. The van der Waals surface area contributed by atoms with Crippen LogP contribution in [-0.2, 0) is 24.2 Å². The van der Waals surface area contributed by atoms with Crippen molar-refractivity contribution in [2.45, 2.75) is 98.5 Å². The van der Waals surface area contributed by atoms with Crippen molar-refractivity contribution >= 4 is 24.1 Å². The second kappa shape index (κ2) is 19.3. The molecule has 2 aromatic carbocycles. The first-order valence-corrected chi connectivity index (χ1v) is 20.2. The minimum atomic E-state index is -1.39. The number of aliphatic hydroxyl groups is 1. The van der Waals surface area contributed by atoms with Crippen molar-refractivity contribution in [3.63, 3.8) is 0 Å². The SMILES string of the molecule is Cc1cccc(CN2CCN([C@H](C(=O)N[C@@H](Cc3ccccc3)[C@@H](O)C[C@H](Cc3ccc(-c4ccccn4)cc3)NC(=O)N(CC(C)(C)C)C(=O)O)C(C)(C)C)C2=O)n1. The van der Waals surface area contributed by atoms with Gasteiger partial charge in [0, 0.05) is 43.1 Å². The lowest BCUT2D eigenvalue weighted by atomic mass is 9.84. The van der Waals surface area contributed by atoms with E-state index in [0.29, 0.717) is 19.6 Å². The van der Waals surface area contributed by atoms with Gasteiger partial charge in [0.2, 0.25) is 5.91 Å². The number of aryl methyl sites for hydroxylation is 1. The van der Waals surface area contributed by atoms with Crippen LogP contribution < -0.4 is 10.6 Å². The van der Waals surface area contributed by atoms with Gasteiger partial charge in [0.1, 0.15) is 6.04 Å². The van der Waals surface area contributed by atoms with Gasteiger partial charge in [-0.2, -0.15) is 0 Å². The van der Waals surface area contributed by atoms with Crippen LogP contribution in [0.3, 0.4) is 0 Å². The van der Waals surface area contributed by atoms with Crippen LogP contribution in [0.15, 0.2) is 97.2 Å². The highest BCUT2D eigenvalue weighted by molar-refractivity contribution is 5.90. The maximum atomic E-state index is 14.5. The van der Waals surface area contributed by atoms with E-state index >= 15 is 0 Å².